The van der Waals surface area contributed by atoms with E-state index >= 15 is 0 Å². The van der Waals surface area contributed by atoms with Crippen molar-refractivity contribution in [1.29, 1.82) is 0 Å². The SMILES string of the molecule is CCCC(=O)Nc1cccc(C23NCCN2C(=O)c2ccccc23)c1.O=C(O)CCC(=O)Nc1cccc(C23NCCN2C(=O)c2ccccc23)c1. The number of nitrogens with zero attached hydrogens (tertiary/aromatic N) is 2. The van der Waals surface area contributed by atoms with Crippen molar-refractivity contribution in [1.82, 2.24) is 20.4 Å². The molecule has 4 heterocycles. The first kappa shape index (κ1) is 34.6. The van der Waals surface area contributed by atoms with Crippen LogP contribution in [-0.2, 0) is 25.7 Å². The molecule has 4 aromatic carbocycles. The first-order chi connectivity index (χ1) is 25.2. The molecule has 266 valence electrons. The molecular weight excluding hydrogens is 660 g/mol. The van der Waals surface area contributed by atoms with E-state index in [4.69, 9.17) is 5.11 Å². The number of carboxylic acids is 1. The van der Waals surface area contributed by atoms with Crippen molar-refractivity contribution in [3.8, 4) is 0 Å². The fourth-order valence-corrected chi connectivity index (χ4v) is 7.84. The summed E-state index contributed by atoms with van der Waals surface area (Å²) in [7, 11) is 0. The van der Waals surface area contributed by atoms with E-state index in [0.29, 0.717) is 37.3 Å². The third kappa shape index (κ3) is 5.89. The number of carbonyl (C=O) groups is 5. The zero-order valence-electron chi connectivity index (χ0n) is 28.8. The van der Waals surface area contributed by atoms with Crippen molar-refractivity contribution in [3.63, 3.8) is 0 Å². The molecule has 4 amide bonds. The van der Waals surface area contributed by atoms with Crippen LogP contribution < -0.4 is 21.3 Å². The summed E-state index contributed by atoms with van der Waals surface area (Å²) >= 11 is 0. The normalized spacial score (nSPS) is 20.7. The van der Waals surface area contributed by atoms with Gasteiger partial charge in [0, 0.05) is 72.6 Å². The second-order valence-corrected chi connectivity index (χ2v) is 13.2. The Kier molecular flexibility index (Phi) is 9.35. The molecule has 0 radical (unpaired) electrons. The van der Waals surface area contributed by atoms with Crippen LogP contribution in [0.15, 0.2) is 97.1 Å². The number of hydrogen-bond acceptors (Lipinski definition) is 7. The van der Waals surface area contributed by atoms with Crippen LogP contribution in [-0.4, -0.2) is 70.7 Å². The third-order valence-electron chi connectivity index (χ3n) is 10.00. The van der Waals surface area contributed by atoms with Crippen molar-refractivity contribution in [3.05, 3.63) is 130 Å². The molecule has 4 aromatic rings. The van der Waals surface area contributed by atoms with Gasteiger partial charge in [-0.05, 0) is 53.9 Å². The summed E-state index contributed by atoms with van der Waals surface area (Å²) in [5.41, 5.74) is 5.09. The number of carboxylic acid groups (broad SMARTS) is 1. The van der Waals surface area contributed by atoms with Crippen molar-refractivity contribution in [2.45, 2.75) is 43.9 Å². The molecule has 2 saturated heterocycles. The number of rotatable bonds is 9. The highest BCUT2D eigenvalue weighted by atomic mass is 16.4. The van der Waals surface area contributed by atoms with Crippen molar-refractivity contribution in [2.24, 2.45) is 0 Å². The Labute approximate surface area is 301 Å². The molecule has 5 N–H and O–H groups in total. The smallest absolute Gasteiger partial charge is 0.303 e. The molecule has 0 saturated carbocycles. The highest BCUT2D eigenvalue weighted by Gasteiger charge is 2.54. The molecule has 12 heteroatoms. The van der Waals surface area contributed by atoms with Gasteiger partial charge in [-0.1, -0.05) is 67.6 Å². The highest BCUT2D eigenvalue weighted by Crippen LogP contribution is 2.46. The van der Waals surface area contributed by atoms with Gasteiger partial charge in [-0.2, -0.15) is 0 Å². The fourth-order valence-electron chi connectivity index (χ4n) is 7.84. The van der Waals surface area contributed by atoms with Gasteiger partial charge < -0.3 is 25.5 Å². The van der Waals surface area contributed by atoms with Crippen LogP contribution in [0.5, 0.6) is 0 Å². The van der Waals surface area contributed by atoms with E-state index in [1.165, 1.54) is 0 Å². The van der Waals surface area contributed by atoms with Crippen molar-refractivity contribution >= 4 is 41.0 Å². The molecule has 2 unspecified atom stereocenters. The molecule has 4 aliphatic rings. The monoisotopic (exact) mass is 700 g/mol. The van der Waals surface area contributed by atoms with Crippen LogP contribution in [0.4, 0.5) is 11.4 Å². The Balaban J connectivity index is 0.000000162. The van der Waals surface area contributed by atoms with Crippen molar-refractivity contribution in [2.75, 3.05) is 36.8 Å². The lowest BCUT2D eigenvalue weighted by Crippen LogP contribution is -2.46. The summed E-state index contributed by atoms with van der Waals surface area (Å²) in [6, 6.07) is 30.4. The van der Waals surface area contributed by atoms with Crippen LogP contribution >= 0.6 is 0 Å². The van der Waals surface area contributed by atoms with E-state index in [0.717, 1.165) is 46.5 Å². The topological polar surface area (TPSA) is 160 Å². The summed E-state index contributed by atoms with van der Waals surface area (Å²) in [5.74, 6) is -1.31. The van der Waals surface area contributed by atoms with E-state index in [9.17, 15) is 24.0 Å². The van der Waals surface area contributed by atoms with Gasteiger partial charge in [0.05, 0.1) is 6.42 Å². The maximum absolute atomic E-state index is 12.8. The van der Waals surface area contributed by atoms with E-state index in [1.807, 2.05) is 108 Å². The maximum atomic E-state index is 12.8. The number of carbonyl (C=O) groups excluding carboxylic acids is 4. The highest BCUT2D eigenvalue weighted by molar-refractivity contribution is 6.02. The average molecular weight is 701 g/mol. The van der Waals surface area contributed by atoms with Gasteiger partial charge in [-0.3, -0.25) is 34.6 Å². The second kappa shape index (κ2) is 14.0. The van der Waals surface area contributed by atoms with Crippen LogP contribution in [0.2, 0.25) is 0 Å². The summed E-state index contributed by atoms with van der Waals surface area (Å²) < 4.78 is 0. The number of hydrogen-bond donors (Lipinski definition) is 5. The molecule has 52 heavy (non-hydrogen) atoms. The minimum atomic E-state index is -1.01. The van der Waals surface area contributed by atoms with E-state index in [2.05, 4.69) is 21.3 Å². The minimum Gasteiger partial charge on any atom is -0.481 e. The number of benzene rings is 4. The zero-order chi connectivity index (χ0) is 36.5. The lowest BCUT2D eigenvalue weighted by molar-refractivity contribution is -0.138. The first-order valence-corrected chi connectivity index (χ1v) is 17.5. The zero-order valence-corrected chi connectivity index (χ0v) is 28.8. The van der Waals surface area contributed by atoms with Crippen LogP contribution in [0.1, 0.15) is 75.6 Å². The molecule has 0 aliphatic carbocycles. The predicted molar refractivity (Wildman–Crippen MR) is 194 cm³/mol. The Morgan fingerprint density at radius 3 is 1.58 bits per heavy atom. The summed E-state index contributed by atoms with van der Waals surface area (Å²) in [4.78, 5) is 63.9. The summed E-state index contributed by atoms with van der Waals surface area (Å²) in [6.07, 6.45) is 1.01. The number of amides is 4. The number of nitrogens with one attached hydrogen (secondary N) is 4. The molecule has 4 aliphatic heterocycles. The van der Waals surface area contributed by atoms with Gasteiger partial charge in [0.1, 0.15) is 11.3 Å². The Morgan fingerprint density at radius 2 is 1.12 bits per heavy atom. The van der Waals surface area contributed by atoms with Gasteiger partial charge in [-0.15, -0.1) is 0 Å². The number of fused-ring (bicyclic) bond motifs is 6. The summed E-state index contributed by atoms with van der Waals surface area (Å²) in [6.45, 7) is 4.67. The standard InChI is InChI=1S/C20H19N3O4.C20H21N3O2/c24-17(8-9-18(25)26)22-14-5-3-4-13(12-14)20-16-7-2-1-6-15(16)19(27)23(20)11-10-21-20;1-2-6-18(24)22-15-8-5-7-14(13-15)20-17-10-4-3-9-16(17)19(25)23(20)12-11-21-20/h1-7,12,21H,8-11H2,(H,22,24)(H,25,26);3-5,7-10,13,21H,2,6,11-12H2,1H3,(H,22,24). The van der Waals surface area contributed by atoms with Crippen LogP contribution in [0.25, 0.3) is 0 Å². The predicted octanol–water partition coefficient (Wildman–Crippen LogP) is 4.44. The van der Waals surface area contributed by atoms with Gasteiger partial charge in [0.2, 0.25) is 11.8 Å². The molecule has 0 spiro atoms. The summed E-state index contributed by atoms with van der Waals surface area (Å²) in [5, 5.41) is 21.4. The Morgan fingerprint density at radius 1 is 0.654 bits per heavy atom. The lowest BCUT2D eigenvalue weighted by atomic mass is 9.91. The molecule has 0 bridgehead atoms. The van der Waals surface area contributed by atoms with Crippen molar-refractivity contribution < 1.29 is 29.1 Å². The minimum absolute atomic E-state index is 0.00787. The molecule has 0 aromatic heterocycles. The second-order valence-electron chi connectivity index (χ2n) is 13.2. The lowest BCUT2D eigenvalue weighted by Gasteiger charge is -2.33. The first-order valence-electron chi connectivity index (χ1n) is 17.5. The van der Waals surface area contributed by atoms with E-state index in [-0.39, 0.29) is 36.5 Å². The van der Waals surface area contributed by atoms with Gasteiger partial charge in [0.15, 0.2) is 0 Å². The van der Waals surface area contributed by atoms with Gasteiger partial charge in [0.25, 0.3) is 11.8 Å². The number of aliphatic carboxylic acids is 1. The number of anilines is 2. The van der Waals surface area contributed by atoms with Crippen LogP contribution in [0, 0.1) is 0 Å². The van der Waals surface area contributed by atoms with E-state index < -0.39 is 17.3 Å². The molecular formula is C40H40N6O6. The van der Waals surface area contributed by atoms with Gasteiger partial charge in [-0.25, -0.2) is 0 Å². The quantitative estimate of drug-likeness (QED) is 0.172. The largest absolute Gasteiger partial charge is 0.481 e. The Hall–Kier alpha value is -5.85. The molecule has 12 nitrogen and oxygen atoms in total. The Bertz CT molecular complexity index is 2080. The van der Waals surface area contributed by atoms with E-state index in [1.54, 1.807) is 6.07 Å². The molecule has 2 atom stereocenters. The fraction of sp³-hybridized carbons (Fsp3) is 0.275. The van der Waals surface area contributed by atoms with Gasteiger partial charge >= 0.3 is 5.97 Å². The average Bonchev–Trinajstić information content (AvgIpc) is 3.90. The van der Waals surface area contributed by atoms with Crippen LogP contribution in [0.3, 0.4) is 0 Å². The third-order valence-corrected chi connectivity index (χ3v) is 10.00. The molecule has 2 fully saturated rings. The maximum Gasteiger partial charge on any atom is 0.303 e. The molecule has 8 rings (SSSR count).